The zero-order valence-corrected chi connectivity index (χ0v) is 8.92. The molecule has 0 aliphatic rings. The second-order valence-corrected chi connectivity index (χ2v) is 3.48. The highest BCUT2D eigenvalue weighted by Crippen LogP contribution is 2.05. The molecule has 1 N–H and O–H groups in total. The molecule has 0 aromatic carbocycles. The van der Waals surface area contributed by atoms with E-state index in [1.165, 1.54) is 0 Å². The lowest BCUT2D eigenvalue weighted by Gasteiger charge is -2.27. The number of aliphatic carboxylic acids is 1. The van der Waals surface area contributed by atoms with Gasteiger partial charge in [0.15, 0.2) is 0 Å². The highest BCUT2D eigenvalue weighted by molar-refractivity contribution is 5.67. The molecule has 0 amide bonds. The van der Waals surface area contributed by atoms with Crippen molar-refractivity contribution < 1.29 is 9.90 Å². The highest BCUT2D eigenvalue weighted by atomic mass is 16.4. The van der Waals surface area contributed by atoms with E-state index < -0.39 is 5.97 Å². The molecule has 13 heavy (non-hydrogen) atoms. The van der Waals surface area contributed by atoms with Crippen LogP contribution in [-0.4, -0.2) is 35.1 Å². The third-order valence-corrected chi connectivity index (χ3v) is 2.12. The minimum absolute atomic E-state index is 0.164. The molecule has 0 saturated carbocycles. The lowest BCUT2D eigenvalue weighted by molar-refractivity contribution is -0.138. The maximum Gasteiger partial charge on any atom is 0.304 e. The first kappa shape index (κ1) is 12.4. The fourth-order valence-electron chi connectivity index (χ4n) is 1.51. The monoisotopic (exact) mass is 187 g/mol. The van der Waals surface area contributed by atoms with Gasteiger partial charge >= 0.3 is 5.97 Å². The van der Waals surface area contributed by atoms with Gasteiger partial charge in [-0.15, -0.1) is 0 Å². The van der Waals surface area contributed by atoms with Crippen LogP contribution >= 0.6 is 0 Å². The summed E-state index contributed by atoms with van der Waals surface area (Å²) in [5.41, 5.74) is 0. The largest absolute Gasteiger partial charge is 0.481 e. The van der Waals surface area contributed by atoms with Crippen LogP contribution in [0.5, 0.6) is 0 Å². The molecule has 0 radical (unpaired) electrons. The van der Waals surface area contributed by atoms with Gasteiger partial charge in [0, 0.05) is 6.04 Å². The summed E-state index contributed by atoms with van der Waals surface area (Å²) >= 11 is 0. The van der Waals surface area contributed by atoms with Crippen LogP contribution in [-0.2, 0) is 4.79 Å². The van der Waals surface area contributed by atoms with Crippen LogP contribution in [0.2, 0.25) is 0 Å². The highest BCUT2D eigenvalue weighted by Gasteiger charge is 2.14. The quantitative estimate of drug-likeness (QED) is 0.662. The second-order valence-electron chi connectivity index (χ2n) is 3.48. The van der Waals surface area contributed by atoms with E-state index in [1.807, 2.05) is 6.92 Å². The van der Waals surface area contributed by atoms with Crippen molar-refractivity contribution in [2.75, 3.05) is 13.1 Å². The lowest BCUT2D eigenvalue weighted by atomic mass is 10.2. The van der Waals surface area contributed by atoms with Crippen molar-refractivity contribution >= 4 is 5.97 Å². The Morgan fingerprint density at radius 3 is 2.08 bits per heavy atom. The average molecular weight is 187 g/mol. The van der Waals surface area contributed by atoms with Crippen LogP contribution in [0.15, 0.2) is 0 Å². The van der Waals surface area contributed by atoms with Crippen LogP contribution in [0.1, 0.15) is 40.0 Å². The maximum absolute atomic E-state index is 10.5. The summed E-state index contributed by atoms with van der Waals surface area (Å²) in [5, 5.41) is 8.64. The Hall–Kier alpha value is -0.570. The van der Waals surface area contributed by atoms with Crippen LogP contribution < -0.4 is 0 Å². The molecule has 3 heteroatoms. The molecule has 78 valence electrons. The van der Waals surface area contributed by atoms with Gasteiger partial charge in [0.05, 0.1) is 6.42 Å². The molecule has 0 bridgehead atoms. The van der Waals surface area contributed by atoms with Crippen LogP contribution in [0.25, 0.3) is 0 Å². The van der Waals surface area contributed by atoms with E-state index in [1.54, 1.807) is 0 Å². The zero-order chi connectivity index (χ0) is 10.3. The summed E-state index contributed by atoms with van der Waals surface area (Å²) in [4.78, 5) is 12.7. The zero-order valence-electron chi connectivity index (χ0n) is 8.92. The van der Waals surface area contributed by atoms with Gasteiger partial charge in [-0.25, -0.2) is 0 Å². The molecule has 3 nitrogen and oxygen atoms in total. The van der Waals surface area contributed by atoms with Gasteiger partial charge in [-0.2, -0.15) is 0 Å². The minimum Gasteiger partial charge on any atom is -0.481 e. The molecular weight excluding hydrogens is 166 g/mol. The van der Waals surface area contributed by atoms with Gasteiger partial charge in [-0.05, 0) is 32.9 Å². The normalized spacial score (nSPS) is 13.2. The van der Waals surface area contributed by atoms with Gasteiger partial charge in [0.2, 0.25) is 0 Å². The van der Waals surface area contributed by atoms with Crippen molar-refractivity contribution in [1.82, 2.24) is 4.90 Å². The standard InChI is InChI=1S/C10H21NO2/c1-4-6-11(7-5-2)9(3)8-10(12)13/h9H,4-8H2,1-3H3,(H,12,13)/t9-/m0/s1. The van der Waals surface area contributed by atoms with Gasteiger partial charge in [0.25, 0.3) is 0 Å². The fraction of sp³-hybridized carbons (Fsp3) is 0.900. The van der Waals surface area contributed by atoms with Gasteiger partial charge < -0.3 is 10.0 Å². The number of hydrogen-bond acceptors (Lipinski definition) is 2. The summed E-state index contributed by atoms with van der Waals surface area (Å²) in [5.74, 6) is -0.704. The molecule has 0 saturated heterocycles. The van der Waals surface area contributed by atoms with E-state index in [2.05, 4.69) is 18.7 Å². The average Bonchev–Trinajstić information content (AvgIpc) is 2.02. The van der Waals surface area contributed by atoms with E-state index in [4.69, 9.17) is 5.11 Å². The number of nitrogens with zero attached hydrogens (tertiary/aromatic N) is 1. The van der Waals surface area contributed by atoms with Crippen molar-refractivity contribution in [3.05, 3.63) is 0 Å². The van der Waals surface area contributed by atoms with Crippen molar-refractivity contribution in [2.45, 2.75) is 46.1 Å². The molecule has 0 aliphatic heterocycles. The summed E-state index contributed by atoms with van der Waals surface area (Å²) in [7, 11) is 0. The molecular formula is C10H21NO2. The fourth-order valence-corrected chi connectivity index (χ4v) is 1.51. The van der Waals surface area contributed by atoms with Crippen molar-refractivity contribution in [3.8, 4) is 0 Å². The molecule has 0 unspecified atom stereocenters. The van der Waals surface area contributed by atoms with E-state index in [0.29, 0.717) is 0 Å². The van der Waals surface area contributed by atoms with Crippen molar-refractivity contribution in [3.63, 3.8) is 0 Å². The summed E-state index contributed by atoms with van der Waals surface area (Å²) in [6.45, 7) is 8.23. The molecule has 0 fully saturated rings. The smallest absolute Gasteiger partial charge is 0.304 e. The van der Waals surface area contributed by atoms with Crippen molar-refractivity contribution in [2.24, 2.45) is 0 Å². The molecule has 1 atom stereocenters. The molecule has 0 aromatic heterocycles. The van der Waals surface area contributed by atoms with E-state index in [0.717, 1.165) is 25.9 Å². The molecule has 0 spiro atoms. The first-order valence-electron chi connectivity index (χ1n) is 5.07. The van der Waals surface area contributed by atoms with Gasteiger partial charge in [-0.1, -0.05) is 13.8 Å². The topological polar surface area (TPSA) is 40.5 Å². The predicted octanol–water partition coefficient (Wildman–Crippen LogP) is 1.97. The maximum atomic E-state index is 10.5. The third kappa shape index (κ3) is 5.64. The Bertz CT molecular complexity index is 142. The Morgan fingerprint density at radius 1 is 1.31 bits per heavy atom. The number of carboxylic acid groups (broad SMARTS) is 1. The molecule has 0 aliphatic carbocycles. The number of rotatable bonds is 7. The van der Waals surface area contributed by atoms with Gasteiger partial charge in [-0.3, -0.25) is 4.79 Å². The Morgan fingerprint density at radius 2 is 1.77 bits per heavy atom. The Labute approximate surface area is 80.7 Å². The van der Waals surface area contributed by atoms with E-state index in [9.17, 15) is 4.79 Å². The summed E-state index contributed by atoms with van der Waals surface area (Å²) in [6, 6.07) is 0.164. The molecule has 0 heterocycles. The Kier molecular flexibility index (Phi) is 6.59. The Balaban J connectivity index is 3.93. The third-order valence-electron chi connectivity index (χ3n) is 2.12. The van der Waals surface area contributed by atoms with Crippen LogP contribution in [0, 0.1) is 0 Å². The first-order chi connectivity index (χ1) is 6.11. The van der Waals surface area contributed by atoms with Gasteiger partial charge in [0.1, 0.15) is 0 Å². The molecule has 0 aromatic rings. The number of hydrogen-bond donors (Lipinski definition) is 1. The number of carboxylic acids is 1. The van der Waals surface area contributed by atoms with E-state index in [-0.39, 0.29) is 12.5 Å². The first-order valence-corrected chi connectivity index (χ1v) is 5.07. The summed E-state index contributed by atoms with van der Waals surface area (Å²) in [6.07, 6.45) is 2.42. The SMILES string of the molecule is CCCN(CCC)[C@@H](C)CC(=O)O. The summed E-state index contributed by atoms with van der Waals surface area (Å²) < 4.78 is 0. The lowest BCUT2D eigenvalue weighted by Crippen LogP contribution is -2.35. The second kappa shape index (κ2) is 6.89. The van der Waals surface area contributed by atoms with Crippen LogP contribution in [0.4, 0.5) is 0 Å². The predicted molar refractivity (Wildman–Crippen MR) is 53.9 cm³/mol. The van der Waals surface area contributed by atoms with E-state index >= 15 is 0 Å². The molecule has 0 rings (SSSR count). The minimum atomic E-state index is -0.704. The number of carbonyl (C=O) groups is 1. The van der Waals surface area contributed by atoms with Crippen LogP contribution in [0.3, 0.4) is 0 Å². The van der Waals surface area contributed by atoms with Crippen molar-refractivity contribution in [1.29, 1.82) is 0 Å².